The number of aryl methyl sites for hydroxylation is 1. The van der Waals surface area contributed by atoms with Gasteiger partial charge in [0, 0.05) is 18.8 Å². The van der Waals surface area contributed by atoms with Gasteiger partial charge < -0.3 is 5.73 Å². The van der Waals surface area contributed by atoms with Gasteiger partial charge in [-0.05, 0) is 12.1 Å². The molecule has 2 aromatic rings. The standard InChI is InChI=1S/C11H10F2N4S/c1-17-5-7(4-16-17)18-10-8(12)2-6(11(14)15)3-9(10)13/h2-5H,1H3,(H3,14,15). The van der Waals surface area contributed by atoms with E-state index in [2.05, 4.69) is 5.10 Å². The predicted octanol–water partition coefficient (Wildman–Crippen LogP) is 2.13. The zero-order chi connectivity index (χ0) is 13.3. The first-order valence-electron chi connectivity index (χ1n) is 4.97. The molecule has 0 atom stereocenters. The van der Waals surface area contributed by atoms with Gasteiger partial charge in [0.2, 0.25) is 0 Å². The number of nitrogens with one attached hydrogen (secondary N) is 1. The van der Waals surface area contributed by atoms with Crippen molar-refractivity contribution >= 4 is 17.6 Å². The average molecular weight is 268 g/mol. The number of halogens is 2. The van der Waals surface area contributed by atoms with Crippen molar-refractivity contribution in [2.45, 2.75) is 9.79 Å². The van der Waals surface area contributed by atoms with Crippen LogP contribution in [-0.2, 0) is 7.05 Å². The fourth-order valence-electron chi connectivity index (χ4n) is 1.38. The fraction of sp³-hybridized carbons (Fsp3) is 0.0909. The maximum absolute atomic E-state index is 13.7. The molecule has 0 unspecified atom stereocenters. The molecule has 94 valence electrons. The lowest BCUT2D eigenvalue weighted by Crippen LogP contribution is -2.12. The first-order valence-corrected chi connectivity index (χ1v) is 5.79. The maximum atomic E-state index is 13.7. The fourth-order valence-corrected chi connectivity index (χ4v) is 2.24. The molecule has 4 nitrogen and oxygen atoms in total. The molecule has 0 bridgehead atoms. The number of amidine groups is 1. The molecular formula is C11H10F2N4S. The van der Waals surface area contributed by atoms with Crippen LogP contribution < -0.4 is 5.73 Å². The summed E-state index contributed by atoms with van der Waals surface area (Å²) >= 11 is 0.937. The van der Waals surface area contributed by atoms with Crippen LogP contribution in [0.3, 0.4) is 0 Å². The molecule has 0 saturated heterocycles. The first-order chi connectivity index (χ1) is 8.47. The van der Waals surface area contributed by atoms with Crippen molar-refractivity contribution < 1.29 is 8.78 Å². The Kier molecular flexibility index (Phi) is 3.33. The number of rotatable bonds is 3. The van der Waals surface area contributed by atoms with Gasteiger partial charge in [-0.15, -0.1) is 0 Å². The maximum Gasteiger partial charge on any atom is 0.140 e. The summed E-state index contributed by atoms with van der Waals surface area (Å²) in [5.41, 5.74) is 5.22. The highest BCUT2D eigenvalue weighted by atomic mass is 32.2. The molecule has 0 radical (unpaired) electrons. The molecule has 1 aromatic carbocycles. The number of aromatic nitrogens is 2. The minimum absolute atomic E-state index is 0.0283. The van der Waals surface area contributed by atoms with E-state index >= 15 is 0 Å². The van der Waals surface area contributed by atoms with Crippen LogP contribution in [0.15, 0.2) is 34.3 Å². The van der Waals surface area contributed by atoms with Gasteiger partial charge in [-0.3, -0.25) is 10.1 Å². The molecule has 2 rings (SSSR count). The van der Waals surface area contributed by atoms with Crippen LogP contribution in [-0.4, -0.2) is 15.6 Å². The largest absolute Gasteiger partial charge is 0.384 e. The van der Waals surface area contributed by atoms with E-state index in [0.29, 0.717) is 4.90 Å². The lowest BCUT2D eigenvalue weighted by Gasteiger charge is -2.05. The number of benzene rings is 1. The van der Waals surface area contributed by atoms with Gasteiger partial charge in [0.1, 0.15) is 17.5 Å². The SMILES string of the molecule is Cn1cc(Sc2c(F)cc(C(=N)N)cc2F)cn1. The normalized spacial score (nSPS) is 10.6. The second-order valence-electron chi connectivity index (χ2n) is 3.63. The third kappa shape index (κ3) is 2.51. The van der Waals surface area contributed by atoms with E-state index < -0.39 is 11.6 Å². The number of nitrogens with two attached hydrogens (primary N) is 1. The Bertz CT molecular complexity index is 586. The van der Waals surface area contributed by atoms with Crippen molar-refractivity contribution in [3.63, 3.8) is 0 Å². The lowest BCUT2D eigenvalue weighted by molar-refractivity contribution is 0.540. The number of hydrogen-bond acceptors (Lipinski definition) is 3. The van der Waals surface area contributed by atoms with Crippen molar-refractivity contribution in [1.82, 2.24) is 9.78 Å². The summed E-state index contributed by atoms with van der Waals surface area (Å²) in [7, 11) is 1.72. The zero-order valence-electron chi connectivity index (χ0n) is 9.45. The van der Waals surface area contributed by atoms with Crippen LogP contribution in [0.25, 0.3) is 0 Å². The van der Waals surface area contributed by atoms with E-state index in [1.54, 1.807) is 17.9 Å². The summed E-state index contributed by atoms with van der Waals surface area (Å²) in [6.07, 6.45) is 3.17. The van der Waals surface area contributed by atoms with Gasteiger partial charge in [-0.2, -0.15) is 5.10 Å². The summed E-state index contributed by atoms with van der Waals surface area (Å²) in [6.45, 7) is 0. The average Bonchev–Trinajstić information content (AvgIpc) is 2.69. The topological polar surface area (TPSA) is 67.7 Å². The van der Waals surface area contributed by atoms with Crippen molar-refractivity contribution in [1.29, 1.82) is 5.41 Å². The number of hydrogen-bond donors (Lipinski definition) is 2. The molecule has 0 aliphatic carbocycles. The highest BCUT2D eigenvalue weighted by Crippen LogP contribution is 2.32. The van der Waals surface area contributed by atoms with Crippen LogP contribution in [0.1, 0.15) is 5.56 Å². The van der Waals surface area contributed by atoms with E-state index in [4.69, 9.17) is 11.1 Å². The van der Waals surface area contributed by atoms with Gasteiger partial charge in [0.25, 0.3) is 0 Å². The molecule has 3 N–H and O–H groups in total. The van der Waals surface area contributed by atoms with Crippen LogP contribution in [0.4, 0.5) is 8.78 Å². The summed E-state index contributed by atoms with van der Waals surface area (Å²) in [6, 6.07) is 2.09. The van der Waals surface area contributed by atoms with Gasteiger partial charge in [-0.25, -0.2) is 8.78 Å². The van der Waals surface area contributed by atoms with Gasteiger partial charge >= 0.3 is 0 Å². The van der Waals surface area contributed by atoms with Crippen LogP contribution in [0.2, 0.25) is 0 Å². The quantitative estimate of drug-likeness (QED) is 0.662. The van der Waals surface area contributed by atoms with E-state index in [1.807, 2.05) is 0 Å². The zero-order valence-corrected chi connectivity index (χ0v) is 10.3. The third-order valence-electron chi connectivity index (χ3n) is 2.21. The molecule has 18 heavy (non-hydrogen) atoms. The molecule has 1 heterocycles. The first kappa shape index (κ1) is 12.6. The summed E-state index contributed by atoms with van der Waals surface area (Å²) < 4.78 is 29.0. The molecular weight excluding hydrogens is 258 g/mol. The minimum Gasteiger partial charge on any atom is -0.384 e. The van der Waals surface area contributed by atoms with E-state index in [9.17, 15) is 8.78 Å². The van der Waals surface area contributed by atoms with E-state index in [-0.39, 0.29) is 16.3 Å². The van der Waals surface area contributed by atoms with Crippen molar-refractivity contribution in [3.8, 4) is 0 Å². The summed E-state index contributed by atoms with van der Waals surface area (Å²) in [5.74, 6) is -1.85. The summed E-state index contributed by atoms with van der Waals surface area (Å²) in [4.78, 5) is 0.499. The molecule has 0 saturated carbocycles. The molecule has 0 aliphatic heterocycles. The highest BCUT2D eigenvalue weighted by Gasteiger charge is 2.14. The smallest absolute Gasteiger partial charge is 0.140 e. The Balaban J connectivity index is 2.37. The van der Waals surface area contributed by atoms with Crippen LogP contribution in [0.5, 0.6) is 0 Å². The van der Waals surface area contributed by atoms with E-state index in [1.165, 1.54) is 6.20 Å². The summed E-state index contributed by atoms with van der Waals surface area (Å²) in [5, 5.41) is 11.1. The molecule has 0 amide bonds. The Morgan fingerprint density at radius 3 is 2.44 bits per heavy atom. The van der Waals surface area contributed by atoms with Crippen molar-refractivity contribution in [2.75, 3.05) is 0 Å². The van der Waals surface area contributed by atoms with Gasteiger partial charge in [0.05, 0.1) is 16.0 Å². The second kappa shape index (κ2) is 4.77. The van der Waals surface area contributed by atoms with Crippen molar-refractivity contribution in [3.05, 3.63) is 41.7 Å². The Labute approximate surface area is 106 Å². The number of nitrogens with zero attached hydrogens (tertiary/aromatic N) is 2. The van der Waals surface area contributed by atoms with Gasteiger partial charge in [0.15, 0.2) is 0 Å². The molecule has 1 aromatic heterocycles. The Morgan fingerprint density at radius 2 is 2.00 bits per heavy atom. The Morgan fingerprint density at radius 1 is 1.39 bits per heavy atom. The molecule has 0 spiro atoms. The second-order valence-corrected chi connectivity index (χ2v) is 4.72. The van der Waals surface area contributed by atoms with Crippen molar-refractivity contribution in [2.24, 2.45) is 12.8 Å². The molecule has 0 fully saturated rings. The highest BCUT2D eigenvalue weighted by molar-refractivity contribution is 7.99. The Hall–Kier alpha value is -1.89. The monoisotopic (exact) mass is 268 g/mol. The van der Waals surface area contributed by atoms with E-state index in [0.717, 1.165) is 23.9 Å². The lowest BCUT2D eigenvalue weighted by atomic mass is 10.2. The van der Waals surface area contributed by atoms with Crippen LogP contribution in [0, 0.1) is 17.0 Å². The third-order valence-corrected chi connectivity index (χ3v) is 3.25. The molecule has 0 aliphatic rings. The molecule has 7 heteroatoms. The predicted molar refractivity (Wildman–Crippen MR) is 64.7 cm³/mol. The minimum atomic E-state index is -0.742. The van der Waals surface area contributed by atoms with Gasteiger partial charge in [-0.1, -0.05) is 11.8 Å². The van der Waals surface area contributed by atoms with Crippen LogP contribution >= 0.6 is 11.8 Å². The number of nitrogen functional groups attached to an aromatic ring is 1.